The van der Waals surface area contributed by atoms with E-state index in [-0.39, 0.29) is 16.2 Å². The minimum Gasteiger partial charge on any atom is -0.277 e. The number of carbonyl (C=O) groups excluding carboxylic acids is 3. The number of nitrogens with one attached hydrogen (secondary N) is 1. The summed E-state index contributed by atoms with van der Waals surface area (Å²) in [5.74, 6) is -0.866. The average Bonchev–Trinajstić information content (AvgIpc) is 2.29. The van der Waals surface area contributed by atoms with Crippen LogP contribution in [0.25, 0.3) is 0 Å². The molecule has 1 fully saturated rings. The topological polar surface area (TPSA) is 66.5 Å². The number of rotatable bonds is 5. The second kappa shape index (κ2) is 6.14. The van der Waals surface area contributed by atoms with Gasteiger partial charge in [0.25, 0.3) is 0 Å². The Morgan fingerprint density at radius 1 is 1.22 bits per heavy atom. The Morgan fingerprint density at radius 2 is 1.78 bits per heavy atom. The van der Waals surface area contributed by atoms with Gasteiger partial charge in [-0.05, 0) is 19.3 Å². The summed E-state index contributed by atoms with van der Waals surface area (Å²) in [5, 5.41) is 2.27. The SMILES string of the molecule is CCC1(CC)C(=O)NC(=O)N(CCC(Br)Br)C1=O. The van der Waals surface area contributed by atoms with Crippen molar-refractivity contribution in [2.24, 2.45) is 5.41 Å². The van der Waals surface area contributed by atoms with Gasteiger partial charge < -0.3 is 0 Å². The lowest BCUT2D eigenvalue weighted by molar-refractivity contribution is -0.152. The first-order chi connectivity index (χ1) is 8.39. The Hall–Kier alpha value is -0.430. The first-order valence-corrected chi connectivity index (χ1v) is 7.67. The number of barbiturate groups is 1. The van der Waals surface area contributed by atoms with Crippen LogP contribution >= 0.6 is 31.9 Å². The molecule has 1 heterocycles. The molecular formula is C11H16Br2N2O3. The van der Waals surface area contributed by atoms with Crippen molar-refractivity contribution in [1.82, 2.24) is 10.2 Å². The highest BCUT2D eigenvalue weighted by molar-refractivity contribution is 9.24. The van der Waals surface area contributed by atoms with Gasteiger partial charge in [-0.15, -0.1) is 0 Å². The Bertz CT molecular complexity index is 367. The van der Waals surface area contributed by atoms with Gasteiger partial charge in [-0.25, -0.2) is 4.79 Å². The molecule has 5 nitrogen and oxygen atoms in total. The summed E-state index contributed by atoms with van der Waals surface area (Å²) in [6.45, 7) is 3.85. The van der Waals surface area contributed by atoms with E-state index in [2.05, 4.69) is 37.2 Å². The molecule has 0 spiro atoms. The fourth-order valence-corrected chi connectivity index (χ4v) is 2.44. The third kappa shape index (κ3) is 2.77. The first kappa shape index (κ1) is 15.6. The lowest BCUT2D eigenvalue weighted by atomic mass is 9.78. The van der Waals surface area contributed by atoms with E-state index in [1.165, 1.54) is 0 Å². The summed E-state index contributed by atoms with van der Waals surface area (Å²) in [4.78, 5) is 37.1. The molecule has 7 heteroatoms. The van der Waals surface area contributed by atoms with Crippen molar-refractivity contribution in [3.8, 4) is 0 Å². The van der Waals surface area contributed by atoms with Gasteiger partial charge >= 0.3 is 6.03 Å². The van der Waals surface area contributed by atoms with Gasteiger partial charge in [0.1, 0.15) is 5.41 Å². The van der Waals surface area contributed by atoms with E-state index in [9.17, 15) is 14.4 Å². The zero-order chi connectivity index (χ0) is 13.9. The number of carbonyl (C=O) groups is 3. The second-order valence-corrected chi connectivity index (χ2v) is 7.62. The van der Waals surface area contributed by atoms with Crippen LogP contribution in [0.2, 0.25) is 0 Å². The van der Waals surface area contributed by atoms with Crippen molar-refractivity contribution in [3.63, 3.8) is 0 Å². The van der Waals surface area contributed by atoms with Gasteiger partial charge in [-0.1, -0.05) is 45.7 Å². The van der Waals surface area contributed by atoms with Crippen LogP contribution < -0.4 is 5.32 Å². The van der Waals surface area contributed by atoms with Crippen molar-refractivity contribution < 1.29 is 14.4 Å². The predicted octanol–water partition coefficient (Wildman–Crippen LogP) is 2.38. The van der Waals surface area contributed by atoms with Gasteiger partial charge in [0, 0.05) is 6.54 Å². The van der Waals surface area contributed by atoms with Crippen LogP contribution in [-0.2, 0) is 9.59 Å². The quantitative estimate of drug-likeness (QED) is 0.585. The van der Waals surface area contributed by atoms with Gasteiger partial charge in [0.2, 0.25) is 11.8 Å². The van der Waals surface area contributed by atoms with Crippen molar-refractivity contribution in [1.29, 1.82) is 0 Å². The largest absolute Gasteiger partial charge is 0.330 e. The molecule has 0 bridgehead atoms. The van der Waals surface area contributed by atoms with E-state index in [1.54, 1.807) is 13.8 Å². The maximum Gasteiger partial charge on any atom is 0.330 e. The highest BCUT2D eigenvalue weighted by atomic mass is 79.9. The molecule has 1 aliphatic heterocycles. The van der Waals surface area contributed by atoms with Gasteiger partial charge in [-0.3, -0.25) is 19.8 Å². The van der Waals surface area contributed by atoms with Crippen molar-refractivity contribution in [3.05, 3.63) is 0 Å². The lowest BCUT2D eigenvalue weighted by Crippen LogP contribution is -2.63. The van der Waals surface area contributed by atoms with E-state index in [0.29, 0.717) is 19.3 Å². The molecule has 0 aromatic heterocycles. The van der Waals surface area contributed by atoms with Crippen molar-refractivity contribution >= 4 is 49.7 Å². The predicted molar refractivity (Wildman–Crippen MR) is 74.5 cm³/mol. The van der Waals surface area contributed by atoms with E-state index in [4.69, 9.17) is 0 Å². The molecule has 0 saturated carbocycles. The van der Waals surface area contributed by atoms with Crippen molar-refractivity contribution in [2.45, 2.75) is 36.8 Å². The zero-order valence-electron chi connectivity index (χ0n) is 10.3. The van der Waals surface area contributed by atoms with Crippen LogP contribution in [0.4, 0.5) is 4.79 Å². The summed E-state index contributed by atoms with van der Waals surface area (Å²) in [7, 11) is 0. The van der Waals surface area contributed by atoms with Crippen LogP contribution in [0.15, 0.2) is 0 Å². The first-order valence-electron chi connectivity index (χ1n) is 5.84. The molecule has 1 rings (SSSR count). The molecule has 0 atom stereocenters. The van der Waals surface area contributed by atoms with Crippen LogP contribution in [0.1, 0.15) is 33.1 Å². The summed E-state index contributed by atoms with van der Waals surface area (Å²) in [6.07, 6.45) is 1.37. The zero-order valence-corrected chi connectivity index (χ0v) is 13.5. The number of alkyl halides is 2. The molecule has 0 aromatic rings. The maximum absolute atomic E-state index is 12.4. The normalized spacial score (nSPS) is 19.4. The molecule has 0 aliphatic carbocycles. The molecule has 0 unspecified atom stereocenters. The lowest BCUT2D eigenvalue weighted by Gasteiger charge is -2.38. The van der Waals surface area contributed by atoms with Gasteiger partial charge in [-0.2, -0.15) is 0 Å². The number of nitrogens with zero attached hydrogens (tertiary/aromatic N) is 1. The van der Waals surface area contributed by atoms with E-state index in [1.807, 2.05) is 0 Å². The minimum absolute atomic E-state index is 0.0286. The third-order valence-electron chi connectivity index (χ3n) is 3.33. The number of hydrogen-bond acceptors (Lipinski definition) is 3. The Morgan fingerprint density at radius 3 is 2.22 bits per heavy atom. The Labute approximate surface area is 123 Å². The minimum atomic E-state index is -1.10. The Balaban J connectivity index is 2.95. The van der Waals surface area contributed by atoms with Gasteiger partial charge in [0.05, 0.1) is 3.74 Å². The van der Waals surface area contributed by atoms with E-state index in [0.717, 1.165) is 4.90 Å². The van der Waals surface area contributed by atoms with Gasteiger partial charge in [0.15, 0.2) is 0 Å². The average molecular weight is 384 g/mol. The highest BCUT2D eigenvalue weighted by Crippen LogP contribution is 2.32. The summed E-state index contributed by atoms with van der Waals surface area (Å²) in [5.41, 5.74) is -1.10. The smallest absolute Gasteiger partial charge is 0.277 e. The summed E-state index contributed by atoms with van der Waals surface area (Å²) >= 11 is 6.59. The molecule has 0 aromatic carbocycles. The van der Waals surface area contributed by atoms with Crippen LogP contribution in [0.3, 0.4) is 0 Å². The monoisotopic (exact) mass is 382 g/mol. The number of amides is 4. The number of urea groups is 1. The van der Waals surface area contributed by atoms with Crippen LogP contribution in [-0.4, -0.2) is 33.0 Å². The van der Waals surface area contributed by atoms with E-state index >= 15 is 0 Å². The maximum atomic E-state index is 12.4. The highest BCUT2D eigenvalue weighted by Gasteiger charge is 2.51. The number of hydrogen-bond donors (Lipinski definition) is 1. The molecule has 1 saturated heterocycles. The molecule has 1 N–H and O–H groups in total. The molecule has 0 radical (unpaired) electrons. The molecule has 1 aliphatic rings. The third-order valence-corrected chi connectivity index (χ3v) is 4.25. The molecule has 18 heavy (non-hydrogen) atoms. The fourth-order valence-electron chi connectivity index (χ4n) is 2.04. The summed E-state index contributed by atoms with van der Waals surface area (Å²) < 4.78 is 0.0286. The molecule has 4 amide bonds. The number of imide groups is 2. The van der Waals surface area contributed by atoms with Crippen molar-refractivity contribution in [2.75, 3.05) is 6.54 Å². The molecular weight excluding hydrogens is 368 g/mol. The standard InChI is InChI=1S/C11H16Br2N2O3/c1-3-11(4-2)8(16)14-10(18)15(9(11)17)6-5-7(12)13/h7H,3-6H2,1-2H3,(H,14,16,18). The summed E-state index contributed by atoms with van der Waals surface area (Å²) in [6, 6.07) is -0.622. The van der Waals surface area contributed by atoms with Crippen LogP contribution in [0, 0.1) is 5.41 Å². The number of halogens is 2. The Kier molecular flexibility index (Phi) is 5.33. The second-order valence-electron chi connectivity index (χ2n) is 4.19. The molecule has 102 valence electrons. The van der Waals surface area contributed by atoms with E-state index < -0.39 is 17.4 Å². The fraction of sp³-hybridized carbons (Fsp3) is 0.727. The van der Waals surface area contributed by atoms with Crippen LogP contribution in [0.5, 0.6) is 0 Å².